The Balaban J connectivity index is 0.000000380. The van der Waals surface area contributed by atoms with Crippen LogP contribution in [0.25, 0.3) is 11.0 Å². The molecule has 0 saturated carbocycles. The fraction of sp³-hybridized carbons (Fsp3) is 0.492. The number of carboxylic acids is 1. The highest BCUT2D eigenvalue weighted by Crippen LogP contribution is 2.34. The van der Waals surface area contributed by atoms with Crippen LogP contribution in [0, 0.1) is 0 Å². The Morgan fingerprint density at radius 2 is 1.05 bits per heavy atom. The topological polar surface area (TPSA) is 278 Å². The summed E-state index contributed by atoms with van der Waals surface area (Å²) < 4.78 is 19.0. The molecule has 0 aliphatic carbocycles. The molecule has 456 valence electrons. The number of ether oxygens (including phenoxy) is 4. The van der Waals surface area contributed by atoms with Crippen molar-refractivity contribution in [3.63, 3.8) is 0 Å². The number of halogens is 1. The molecule has 83 heavy (non-hydrogen) atoms. The van der Waals surface area contributed by atoms with E-state index in [2.05, 4.69) is 75.8 Å². The molecule has 3 aromatic carbocycles. The minimum atomic E-state index is -0.833. The number of anilines is 4. The normalized spacial score (nSPS) is 16.3. The average molecular weight is 1170 g/mol. The summed E-state index contributed by atoms with van der Waals surface area (Å²) in [6.07, 6.45) is 8.72. The van der Waals surface area contributed by atoms with Crippen molar-refractivity contribution in [2.45, 2.75) is 144 Å². The smallest absolute Gasteiger partial charge is 0.481 e. The van der Waals surface area contributed by atoms with Crippen LogP contribution in [0.5, 0.6) is 0 Å². The second-order valence-electron chi connectivity index (χ2n) is 21.7. The Hall–Kier alpha value is -7.94. The molecule has 8 rings (SSSR count). The second-order valence-corrected chi connectivity index (χ2v) is 22.2. The van der Waals surface area contributed by atoms with Crippen molar-refractivity contribution in [3.8, 4) is 0 Å². The first-order chi connectivity index (χ1) is 38.6. The molecule has 5 heterocycles. The van der Waals surface area contributed by atoms with Gasteiger partial charge >= 0.3 is 18.3 Å². The summed E-state index contributed by atoms with van der Waals surface area (Å²) in [6, 6.07) is 26.0. The molecule has 3 unspecified atom stereocenters. The highest BCUT2D eigenvalue weighted by atomic mass is 35.5. The van der Waals surface area contributed by atoms with Crippen LogP contribution < -0.4 is 21.3 Å². The van der Waals surface area contributed by atoms with E-state index in [9.17, 15) is 28.8 Å². The number of nitrogens with one attached hydrogen (secondary N) is 3. The Morgan fingerprint density at radius 3 is 1.45 bits per heavy atom. The summed E-state index contributed by atoms with van der Waals surface area (Å²) >= 11 is 4.64. The lowest BCUT2D eigenvalue weighted by molar-refractivity contribution is -0.134. The third-order valence-corrected chi connectivity index (χ3v) is 12.3. The van der Waals surface area contributed by atoms with E-state index in [0.29, 0.717) is 24.9 Å². The zero-order chi connectivity index (χ0) is 61.2. The van der Waals surface area contributed by atoms with E-state index >= 15 is 0 Å². The van der Waals surface area contributed by atoms with Crippen LogP contribution in [-0.4, -0.2) is 136 Å². The number of nitrogens with two attached hydrogens (primary N) is 1. The number of aliphatic carboxylic acids is 1. The first-order valence-corrected chi connectivity index (χ1v) is 27.5. The maximum absolute atomic E-state index is 12.2. The maximum Gasteiger partial charge on any atom is 0.507 e. The summed E-state index contributed by atoms with van der Waals surface area (Å²) in [7, 11) is 2.51. The van der Waals surface area contributed by atoms with E-state index < -0.39 is 23.3 Å². The number of amides is 4. The van der Waals surface area contributed by atoms with E-state index in [1.807, 2.05) is 107 Å². The number of piperidine rings is 3. The quantitative estimate of drug-likeness (QED) is 0.0457. The van der Waals surface area contributed by atoms with Gasteiger partial charge in [0.1, 0.15) is 29.0 Å². The van der Waals surface area contributed by atoms with Gasteiger partial charge in [-0.1, -0.05) is 43.8 Å². The monoisotopic (exact) mass is 1170 g/mol. The maximum atomic E-state index is 12.2. The summed E-state index contributed by atoms with van der Waals surface area (Å²) in [4.78, 5) is 92.7. The summed E-state index contributed by atoms with van der Waals surface area (Å²) in [6.45, 7) is 21.5. The van der Waals surface area contributed by atoms with Crippen LogP contribution in [0.3, 0.4) is 0 Å². The van der Waals surface area contributed by atoms with Gasteiger partial charge in [-0.05, 0) is 151 Å². The van der Waals surface area contributed by atoms with Crippen molar-refractivity contribution >= 4 is 86.9 Å². The number of carbonyl (C=O) groups excluding carboxylic acids is 6. The summed E-state index contributed by atoms with van der Waals surface area (Å²) in [5.74, 6) is 1.07. The number of aromatic nitrogens is 3. The van der Waals surface area contributed by atoms with E-state index in [0.717, 1.165) is 111 Å². The number of nitrogen functional groups attached to an aromatic ring is 1. The highest BCUT2D eigenvalue weighted by Gasteiger charge is 2.30. The van der Waals surface area contributed by atoms with Gasteiger partial charge in [0, 0.05) is 108 Å². The number of rotatable bonds is 6. The fourth-order valence-electron chi connectivity index (χ4n) is 9.08. The SMILES string of the molecule is C.CC(=O)Cl.CC(=O)Nc1cccc(C2CCCN(C(=O)OC(C)(C)C)C2)c1.CC(=O)Nc1cccc(C2CCCN(c3ncnc4[nH]ccc34)C2)c1.CC(=O)O.CC(C)(C)OC(=O)N1CCCC(c2cccc(N)c2)C1.COC(=O)OC. The van der Waals surface area contributed by atoms with Crippen LogP contribution in [-0.2, 0) is 38.1 Å². The molecule has 0 bridgehead atoms. The number of aromatic amines is 1. The van der Waals surface area contributed by atoms with Crippen molar-refractivity contribution in [1.29, 1.82) is 0 Å². The summed E-state index contributed by atoms with van der Waals surface area (Å²) in [5.41, 5.74) is 11.8. The van der Waals surface area contributed by atoms with E-state index in [1.165, 1.54) is 46.1 Å². The Bertz CT molecular complexity index is 2840. The minimum absolute atomic E-state index is 0. The molecule has 6 N–H and O–H groups in total. The highest BCUT2D eigenvalue weighted by molar-refractivity contribution is 6.62. The van der Waals surface area contributed by atoms with Crippen LogP contribution in [0.15, 0.2) is 91.4 Å². The predicted octanol–water partition coefficient (Wildman–Crippen LogP) is 12.3. The molecular weight excluding hydrogens is 1090 g/mol. The number of methoxy groups -OCH3 is 2. The third-order valence-electron chi connectivity index (χ3n) is 12.3. The molecule has 2 aromatic heterocycles. The zero-order valence-electron chi connectivity index (χ0n) is 49.5. The first kappa shape index (κ1) is 71.2. The summed E-state index contributed by atoms with van der Waals surface area (Å²) in [5, 5.41) is 13.8. The zero-order valence-corrected chi connectivity index (χ0v) is 50.3. The number of fused-ring (bicyclic) bond motifs is 1. The van der Waals surface area contributed by atoms with Crippen molar-refractivity contribution < 1.29 is 57.6 Å². The third kappa shape index (κ3) is 27.6. The van der Waals surface area contributed by atoms with E-state index in [1.54, 1.807) is 11.2 Å². The number of hydrogen-bond donors (Lipinski definition) is 5. The number of likely N-dealkylation sites (tertiary alicyclic amines) is 2. The van der Waals surface area contributed by atoms with Gasteiger partial charge < -0.3 is 60.1 Å². The second kappa shape index (κ2) is 35.1. The Morgan fingerprint density at radius 1 is 0.639 bits per heavy atom. The molecule has 0 radical (unpaired) electrons. The Kier molecular flexibility index (Phi) is 30.1. The number of nitrogens with zero attached hydrogens (tertiary/aromatic N) is 5. The van der Waals surface area contributed by atoms with Crippen LogP contribution >= 0.6 is 11.6 Å². The number of hydrogen-bond acceptors (Lipinski definition) is 15. The Labute approximate surface area is 494 Å². The van der Waals surface area contributed by atoms with Crippen molar-refractivity contribution in [2.24, 2.45) is 0 Å². The van der Waals surface area contributed by atoms with Crippen molar-refractivity contribution in [3.05, 3.63) is 108 Å². The van der Waals surface area contributed by atoms with Gasteiger partial charge in [-0.25, -0.2) is 24.4 Å². The van der Waals surface area contributed by atoms with Gasteiger partial charge in [-0.15, -0.1) is 0 Å². The van der Waals surface area contributed by atoms with Gasteiger partial charge in [-0.2, -0.15) is 0 Å². The molecule has 22 heteroatoms. The lowest BCUT2D eigenvalue weighted by atomic mass is 9.90. The van der Waals surface area contributed by atoms with Crippen LogP contribution in [0.4, 0.5) is 37.3 Å². The van der Waals surface area contributed by atoms with Crippen LogP contribution in [0.2, 0.25) is 0 Å². The van der Waals surface area contributed by atoms with E-state index in [-0.39, 0.29) is 42.6 Å². The number of benzene rings is 3. The average Bonchev–Trinajstić information content (AvgIpc) is 4.08. The largest absolute Gasteiger partial charge is 0.507 e. The standard InChI is InChI=1S/C19H21N5O.C18H26N2O3.C16H24N2O2.C3H6O3.C2H3ClO.C2H4O2.CH4/c1-13(25)23-16-6-2-4-14(10-16)15-5-3-9-24(11-15)19-17-7-8-20-18(17)21-12-22-19;1-13(21)19-16-9-5-7-14(11-16)15-8-6-10-20(12-15)17(22)23-18(2,3)4;1-16(2,3)20-15(19)18-9-5-7-13(11-18)12-6-4-8-14(17)10-12;1-5-3(4)6-2;2*1-2(3)4;/h2,4,6-8,10,12,15H,3,5,9,11H2,1H3,(H,23,25)(H,20,21,22);5,7,9,11,15H,6,8,10,12H2,1-4H3,(H,19,21);4,6,8,10,13H,5,7,9,11,17H2,1-3H3;1-2H3;1H3;1H3,(H,3,4);1H4. The molecule has 3 atom stereocenters. The molecule has 5 aromatic rings. The lowest BCUT2D eigenvalue weighted by Gasteiger charge is -2.34. The van der Waals surface area contributed by atoms with E-state index in [4.69, 9.17) is 25.1 Å². The van der Waals surface area contributed by atoms with Gasteiger partial charge in [0.25, 0.3) is 5.97 Å². The molecule has 0 spiro atoms. The van der Waals surface area contributed by atoms with Gasteiger partial charge in [0.15, 0.2) is 0 Å². The molecule has 3 aliphatic rings. The molecular formula is C61H88ClN9O12. The number of H-pyrrole nitrogens is 1. The molecule has 3 saturated heterocycles. The molecule has 3 fully saturated rings. The number of carboxylic acid groups (broad SMARTS) is 1. The molecule has 21 nitrogen and oxygen atoms in total. The minimum Gasteiger partial charge on any atom is -0.481 e. The first-order valence-electron chi connectivity index (χ1n) is 27.1. The lowest BCUT2D eigenvalue weighted by Crippen LogP contribution is -2.42. The van der Waals surface area contributed by atoms with Crippen molar-refractivity contribution in [1.82, 2.24) is 24.8 Å². The fourth-order valence-corrected chi connectivity index (χ4v) is 9.08. The predicted molar refractivity (Wildman–Crippen MR) is 326 cm³/mol. The van der Waals surface area contributed by atoms with Gasteiger partial charge in [-0.3, -0.25) is 19.2 Å². The number of carbonyl (C=O) groups is 7. The van der Waals surface area contributed by atoms with Crippen molar-refractivity contribution in [2.75, 3.05) is 74.8 Å². The van der Waals surface area contributed by atoms with Gasteiger partial charge in [0.05, 0.1) is 19.6 Å². The molecule has 4 amide bonds. The molecule has 3 aliphatic heterocycles. The van der Waals surface area contributed by atoms with Gasteiger partial charge in [0.2, 0.25) is 17.1 Å². The van der Waals surface area contributed by atoms with Crippen LogP contribution in [0.1, 0.15) is 150 Å².